The minimum atomic E-state index is -0.697. The molecule has 1 N–H and O–H groups in total. The molecule has 0 amide bonds. The molecule has 1 aromatic rings. The molecule has 0 aromatic carbocycles. The number of hydrogen-bond donors (Lipinski definition) is 1. The lowest BCUT2D eigenvalue weighted by atomic mass is 10.7. The molecule has 0 aliphatic carbocycles. The zero-order chi connectivity index (χ0) is 10.4. The Bertz CT molecular complexity index is 298. The first kappa shape index (κ1) is 11.2. The maximum absolute atomic E-state index is 11.1. The van der Waals surface area contributed by atoms with Crippen molar-refractivity contribution in [2.45, 2.75) is 20.4 Å². The van der Waals surface area contributed by atoms with Crippen LogP contribution in [0.5, 0.6) is 0 Å². The smallest absolute Gasteiger partial charge is 0.202 e. The van der Waals surface area contributed by atoms with Crippen LogP contribution in [0.3, 0.4) is 0 Å². The fourth-order valence-corrected chi connectivity index (χ4v) is 1.77. The monoisotopic (exact) mass is 215 g/mol. The van der Waals surface area contributed by atoms with Crippen molar-refractivity contribution in [1.82, 2.24) is 9.55 Å². The lowest BCUT2D eigenvalue weighted by molar-refractivity contribution is 0.683. The standard InChI is InChI=1S/C9H17N3OS/c1-3-12-7-5-10-9(12)11-6-8-14(13)4-2/h5,7H,3-4,6,8H2,1-2H3,(H,10,11). The molecule has 14 heavy (non-hydrogen) atoms. The Hall–Kier alpha value is -0.840. The summed E-state index contributed by atoms with van der Waals surface area (Å²) in [5.74, 6) is 2.28. The van der Waals surface area contributed by atoms with Gasteiger partial charge in [-0.15, -0.1) is 0 Å². The van der Waals surface area contributed by atoms with Gasteiger partial charge in [-0.2, -0.15) is 0 Å². The molecule has 1 unspecified atom stereocenters. The second kappa shape index (κ2) is 5.80. The molecule has 1 atom stereocenters. The third kappa shape index (κ3) is 3.14. The lowest BCUT2D eigenvalue weighted by Gasteiger charge is -2.06. The molecule has 1 aromatic heterocycles. The Labute approximate surface area is 87.2 Å². The fraction of sp³-hybridized carbons (Fsp3) is 0.667. The number of nitrogens with zero attached hydrogens (tertiary/aromatic N) is 2. The van der Waals surface area contributed by atoms with Gasteiger partial charge < -0.3 is 9.88 Å². The van der Waals surface area contributed by atoms with Gasteiger partial charge in [0.2, 0.25) is 5.95 Å². The fourth-order valence-electron chi connectivity index (χ4n) is 1.15. The predicted octanol–water partition coefficient (Wildman–Crippen LogP) is 1.08. The molecule has 0 saturated heterocycles. The summed E-state index contributed by atoms with van der Waals surface area (Å²) < 4.78 is 13.2. The highest BCUT2D eigenvalue weighted by molar-refractivity contribution is 7.84. The summed E-state index contributed by atoms with van der Waals surface area (Å²) >= 11 is 0. The van der Waals surface area contributed by atoms with Crippen LogP contribution < -0.4 is 5.32 Å². The number of rotatable bonds is 6. The second-order valence-electron chi connectivity index (χ2n) is 2.90. The van der Waals surface area contributed by atoms with E-state index in [4.69, 9.17) is 0 Å². The normalized spacial score (nSPS) is 12.7. The van der Waals surface area contributed by atoms with E-state index in [2.05, 4.69) is 17.2 Å². The largest absolute Gasteiger partial charge is 0.355 e. The minimum absolute atomic E-state index is 0.688. The summed E-state index contributed by atoms with van der Waals surface area (Å²) in [6.07, 6.45) is 3.70. The van der Waals surface area contributed by atoms with Gasteiger partial charge in [-0.1, -0.05) is 6.92 Å². The third-order valence-corrected chi connectivity index (χ3v) is 3.29. The SMILES string of the molecule is CCn1ccnc1NCCS(=O)CC. The Morgan fingerprint density at radius 3 is 3.00 bits per heavy atom. The van der Waals surface area contributed by atoms with Crippen LogP contribution in [0.1, 0.15) is 13.8 Å². The number of nitrogens with one attached hydrogen (secondary N) is 1. The summed E-state index contributed by atoms with van der Waals surface area (Å²) in [5, 5.41) is 3.17. The van der Waals surface area contributed by atoms with E-state index in [1.54, 1.807) is 6.20 Å². The maximum atomic E-state index is 11.1. The number of aromatic nitrogens is 2. The highest BCUT2D eigenvalue weighted by atomic mass is 32.2. The van der Waals surface area contributed by atoms with E-state index in [-0.39, 0.29) is 0 Å². The van der Waals surface area contributed by atoms with Crippen molar-refractivity contribution in [1.29, 1.82) is 0 Å². The zero-order valence-corrected chi connectivity index (χ0v) is 9.51. The van der Waals surface area contributed by atoms with Crippen LogP contribution in [-0.4, -0.2) is 31.8 Å². The van der Waals surface area contributed by atoms with Gasteiger partial charge in [0.25, 0.3) is 0 Å². The summed E-state index contributed by atoms with van der Waals surface area (Å²) in [4.78, 5) is 4.16. The summed E-state index contributed by atoms with van der Waals surface area (Å²) in [6.45, 7) is 5.62. The van der Waals surface area contributed by atoms with Gasteiger partial charge >= 0.3 is 0 Å². The summed E-state index contributed by atoms with van der Waals surface area (Å²) in [7, 11) is -0.697. The van der Waals surface area contributed by atoms with E-state index >= 15 is 0 Å². The molecule has 0 radical (unpaired) electrons. The molecular weight excluding hydrogens is 198 g/mol. The Balaban J connectivity index is 2.34. The van der Waals surface area contributed by atoms with Gasteiger partial charge in [-0.3, -0.25) is 4.21 Å². The molecule has 0 aliphatic heterocycles. The number of imidazole rings is 1. The van der Waals surface area contributed by atoms with E-state index in [1.807, 2.05) is 17.7 Å². The molecule has 0 saturated carbocycles. The molecule has 80 valence electrons. The van der Waals surface area contributed by atoms with E-state index in [1.165, 1.54) is 0 Å². The zero-order valence-electron chi connectivity index (χ0n) is 8.69. The van der Waals surface area contributed by atoms with E-state index in [0.717, 1.165) is 24.8 Å². The quantitative estimate of drug-likeness (QED) is 0.772. The first-order valence-corrected chi connectivity index (χ1v) is 6.36. The molecule has 0 aliphatic rings. The van der Waals surface area contributed by atoms with E-state index in [0.29, 0.717) is 5.75 Å². The van der Waals surface area contributed by atoms with Crippen molar-refractivity contribution in [2.75, 3.05) is 23.4 Å². The topological polar surface area (TPSA) is 46.9 Å². The maximum Gasteiger partial charge on any atom is 0.202 e. The number of anilines is 1. The van der Waals surface area contributed by atoms with Crippen molar-refractivity contribution in [3.63, 3.8) is 0 Å². The van der Waals surface area contributed by atoms with Crippen LogP contribution in [0.15, 0.2) is 12.4 Å². The molecule has 0 fully saturated rings. The third-order valence-electron chi connectivity index (χ3n) is 1.99. The van der Waals surface area contributed by atoms with Crippen LogP contribution in [0.4, 0.5) is 5.95 Å². The average Bonchev–Trinajstić information content (AvgIpc) is 2.65. The summed E-state index contributed by atoms with van der Waals surface area (Å²) in [5.41, 5.74) is 0. The highest BCUT2D eigenvalue weighted by Gasteiger charge is 2.00. The Morgan fingerprint density at radius 2 is 2.36 bits per heavy atom. The average molecular weight is 215 g/mol. The van der Waals surface area contributed by atoms with Gasteiger partial charge in [-0.25, -0.2) is 4.98 Å². The first-order valence-electron chi connectivity index (χ1n) is 4.87. The predicted molar refractivity (Wildman–Crippen MR) is 59.9 cm³/mol. The Morgan fingerprint density at radius 1 is 1.57 bits per heavy atom. The molecule has 1 rings (SSSR count). The highest BCUT2D eigenvalue weighted by Crippen LogP contribution is 2.02. The van der Waals surface area contributed by atoms with Crippen molar-refractivity contribution in [2.24, 2.45) is 0 Å². The van der Waals surface area contributed by atoms with Crippen molar-refractivity contribution < 1.29 is 4.21 Å². The van der Waals surface area contributed by atoms with Crippen molar-refractivity contribution >= 4 is 16.7 Å². The second-order valence-corrected chi connectivity index (χ2v) is 4.76. The van der Waals surface area contributed by atoms with Crippen LogP contribution in [0, 0.1) is 0 Å². The first-order chi connectivity index (χ1) is 6.77. The molecule has 0 spiro atoms. The molecule has 0 bridgehead atoms. The minimum Gasteiger partial charge on any atom is -0.355 e. The Kier molecular flexibility index (Phi) is 4.65. The van der Waals surface area contributed by atoms with Gasteiger partial charge in [0.1, 0.15) is 0 Å². The molecule has 1 heterocycles. The molecule has 5 heteroatoms. The van der Waals surface area contributed by atoms with Crippen molar-refractivity contribution in [3.8, 4) is 0 Å². The number of aryl methyl sites for hydroxylation is 1. The van der Waals surface area contributed by atoms with E-state index in [9.17, 15) is 4.21 Å². The number of hydrogen-bond acceptors (Lipinski definition) is 3. The van der Waals surface area contributed by atoms with Gasteiger partial charge in [0.15, 0.2) is 0 Å². The lowest BCUT2D eigenvalue weighted by Crippen LogP contribution is -2.14. The van der Waals surface area contributed by atoms with Crippen LogP contribution in [0.25, 0.3) is 0 Å². The van der Waals surface area contributed by atoms with Gasteiger partial charge in [-0.05, 0) is 6.92 Å². The molecule has 4 nitrogen and oxygen atoms in total. The van der Waals surface area contributed by atoms with Crippen LogP contribution >= 0.6 is 0 Å². The van der Waals surface area contributed by atoms with Crippen molar-refractivity contribution in [3.05, 3.63) is 12.4 Å². The van der Waals surface area contributed by atoms with Crippen LogP contribution in [-0.2, 0) is 17.3 Å². The molecular formula is C9H17N3OS. The van der Waals surface area contributed by atoms with E-state index < -0.39 is 10.8 Å². The van der Waals surface area contributed by atoms with Gasteiger partial charge in [0, 0.05) is 47.8 Å². The van der Waals surface area contributed by atoms with Crippen LogP contribution in [0.2, 0.25) is 0 Å². The van der Waals surface area contributed by atoms with Gasteiger partial charge in [0.05, 0.1) is 0 Å². The summed E-state index contributed by atoms with van der Waals surface area (Å²) in [6, 6.07) is 0.